The maximum atomic E-state index is 11.4. The molecule has 0 fully saturated rings. The van der Waals surface area contributed by atoms with Crippen LogP contribution in [0.25, 0.3) is 0 Å². The van der Waals surface area contributed by atoms with Crippen LogP contribution in [-0.4, -0.2) is 18.2 Å². The van der Waals surface area contributed by atoms with Crippen LogP contribution in [0.1, 0.15) is 43.9 Å². The summed E-state index contributed by atoms with van der Waals surface area (Å²) in [5, 5.41) is 11.7. The molecule has 0 aromatic heterocycles. The summed E-state index contributed by atoms with van der Waals surface area (Å²) < 4.78 is 5.11. The molecule has 1 rings (SSSR count). The van der Waals surface area contributed by atoms with Gasteiger partial charge in [-0.05, 0) is 45.4 Å². The number of aryl methyl sites for hydroxylation is 1. The number of hydrogen-bond donors (Lipinski definition) is 1. The van der Waals surface area contributed by atoms with Gasteiger partial charge in [0.25, 0.3) is 0 Å². The van der Waals surface area contributed by atoms with Crippen molar-refractivity contribution >= 4 is 6.09 Å². The quantitative estimate of drug-likeness (QED) is 0.670. The van der Waals surface area contributed by atoms with Crippen LogP contribution in [-0.2, 0) is 4.74 Å². The van der Waals surface area contributed by atoms with Gasteiger partial charge in [-0.2, -0.15) is 5.26 Å². The van der Waals surface area contributed by atoms with Crippen molar-refractivity contribution in [2.45, 2.75) is 39.7 Å². The first-order valence-electron chi connectivity index (χ1n) is 6.78. The summed E-state index contributed by atoms with van der Waals surface area (Å²) in [6.07, 6.45) is 0.0511. The topological polar surface area (TPSA) is 62.1 Å². The first-order valence-corrected chi connectivity index (χ1v) is 6.78. The van der Waals surface area contributed by atoms with Gasteiger partial charge in [0.1, 0.15) is 11.7 Å². The molecule has 0 spiro atoms. The summed E-state index contributed by atoms with van der Waals surface area (Å²) in [5.74, 6) is 5.89. The van der Waals surface area contributed by atoms with E-state index in [1.54, 1.807) is 0 Å². The minimum absolute atomic E-state index is 0.412. The Morgan fingerprint density at radius 1 is 1.33 bits per heavy atom. The molecule has 4 nitrogen and oxygen atoms in total. The third kappa shape index (κ3) is 6.49. The molecular weight excluding hydrogens is 264 g/mol. The van der Waals surface area contributed by atoms with E-state index in [1.165, 1.54) is 0 Å². The lowest BCUT2D eigenvalue weighted by molar-refractivity contribution is 0.0529. The van der Waals surface area contributed by atoms with E-state index in [1.807, 2.05) is 45.9 Å². The van der Waals surface area contributed by atoms with Gasteiger partial charge in [-0.15, -0.1) is 0 Å². The Morgan fingerprint density at radius 2 is 2.05 bits per heavy atom. The zero-order valence-electron chi connectivity index (χ0n) is 12.9. The molecule has 4 heteroatoms. The average molecular weight is 284 g/mol. The summed E-state index contributed by atoms with van der Waals surface area (Å²) in [4.78, 5) is 11.4. The van der Waals surface area contributed by atoms with Gasteiger partial charge in [-0.25, -0.2) is 4.79 Å². The van der Waals surface area contributed by atoms with Crippen LogP contribution in [0.15, 0.2) is 18.2 Å². The molecule has 1 amide bonds. The van der Waals surface area contributed by atoms with E-state index < -0.39 is 11.7 Å². The lowest BCUT2D eigenvalue weighted by Crippen LogP contribution is -2.32. The zero-order valence-corrected chi connectivity index (χ0v) is 12.9. The van der Waals surface area contributed by atoms with Gasteiger partial charge in [0.05, 0.1) is 5.56 Å². The molecule has 0 saturated carbocycles. The molecule has 21 heavy (non-hydrogen) atoms. The summed E-state index contributed by atoms with van der Waals surface area (Å²) in [7, 11) is 0. The molecule has 0 heterocycles. The van der Waals surface area contributed by atoms with Crippen LogP contribution in [0.4, 0.5) is 4.79 Å². The molecule has 0 aliphatic rings. The van der Waals surface area contributed by atoms with Gasteiger partial charge in [0, 0.05) is 18.5 Å². The summed E-state index contributed by atoms with van der Waals surface area (Å²) in [5.41, 5.74) is 1.81. The van der Waals surface area contributed by atoms with E-state index in [-0.39, 0.29) is 0 Å². The summed E-state index contributed by atoms with van der Waals surface area (Å²) in [6, 6.07) is 7.69. The standard InChI is InChI=1S/C17H20N2O2/c1-13-8-9-14(15(11-13)12-18)7-5-6-10-19-16(20)21-17(2,3)4/h8-9,11H,6,10H2,1-4H3,(H,19,20). The maximum Gasteiger partial charge on any atom is 0.407 e. The highest BCUT2D eigenvalue weighted by Gasteiger charge is 2.15. The average Bonchev–Trinajstić information content (AvgIpc) is 2.37. The molecule has 110 valence electrons. The van der Waals surface area contributed by atoms with Crippen molar-refractivity contribution in [3.8, 4) is 17.9 Å². The van der Waals surface area contributed by atoms with E-state index in [0.29, 0.717) is 24.1 Å². The molecule has 0 bridgehead atoms. The van der Waals surface area contributed by atoms with Gasteiger partial charge >= 0.3 is 6.09 Å². The van der Waals surface area contributed by atoms with Crippen LogP contribution in [0.5, 0.6) is 0 Å². The number of benzene rings is 1. The molecular formula is C17H20N2O2. The molecule has 1 aromatic rings. The third-order valence-electron chi connectivity index (χ3n) is 2.44. The minimum atomic E-state index is -0.501. The molecule has 0 aliphatic heterocycles. The van der Waals surface area contributed by atoms with Crippen molar-refractivity contribution in [3.63, 3.8) is 0 Å². The van der Waals surface area contributed by atoms with Crippen LogP contribution >= 0.6 is 0 Å². The molecule has 0 saturated heterocycles. The molecule has 1 aromatic carbocycles. The maximum absolute atomic E-state index is 11.4. The fourth-order valence-electron chi connectivity index (χ4n) is 1.56. The Hall–Kier alpha value is -2.46. The number of amides is 1. The second-order valence-corrected chi connectivity index (χ2v) is 5.64. The van der Waals surface area contributed by atoms with E-state index in [4.69, 9.17) is 10.00 Å². The number of nitriles is 1. The number of alkyl carbamates (subject to hydrolysis) is 1. The fraction of sp³-hybridized carbons (Fsp3) is 0.412. The molecule has 0 atom stereocenters. The normalized spacial score (nSPS) is 10.0. The van der Waals surface area contributed by atoms with Crippen molar-refractivity contribution in [2.75, 3.05) is 6.54 Å². The Labute approximate surface area is 126 Å². The highest BCUT2D eigenvalue weighted by atomic mass is 16.6. The van der Waals surface area contributed by atoms with Crippen LogP contribution < -0.4 is 5.32 Å². The highest BCUT2D eigenvalue weighted by Crippen LogP contribution is 2.09. The number of nitrogens with one attached hydrogen (secondary N) is 1. The number of carbonyl (C=O) groups excluding carboxylic acids is 1. The van der Waals surface area contributed by atoms with Crippen molar-refractivity contribution in [1.29, 1.82) is 5.26 Å². The van der Waals surface area contributed by atoms with Crippen LogP contribution in [0.3, 0.4) is 0 Å². The second-order valence-electron chi connectivity index (χ2n) is 5.64. The van der Waals surface area contributed by atoms with Gasteiger partial charge in [0.15, 0.2) is 0 Å². The fourth-order valence-corrected chi connectivity index (χ4v) is 1.56. The van der Waals surface area contributed by atoms with Gasteiger partial charge in [0.2, 0.25) is 0 Å². The molecule has 0 radical (unpaired) electrons. The predicted octanol–water partition coefficient (Wildman–Crippen LogP) is 3.13. The summed E-state index contributed by atoms with van der Waals surface area (Å²) >= 11 is 0. The predicted molar refractivity (Wildman–Crippen MR) is 81.6 cm³/mol. The van der Waals surface area contributed by atoms with Gasteiger partial charge in [-0.3, -0.25) is 0 Å². The third-order valence-corrected chi connectivity index (χ3v) is 2.44. The molecule has 1 N–H and O–H groups in total. The van der Waals surface area contributed by atoms with E-state index in [9.17, 15) is 4.79 Å². The Balaban J connectivity index is 2.48. The highest BCUT2D eigenvalue weighted by molar-refractivity contribution is 5.67. The number of nitrogens with zero attached hydrogens (tertiary/aromatic N) is 1. The second kappa shape index (κ2) is 7.36. The van der Waals surface area contributed by atoms with Crippen molar-refractivity contribution in [3.05, 3.63) is 34.9 Å². The van der Waals surface area contributed by atoms with Crippen molar-refractivity contribution in [2.24, 2.45) is 0 Å². The Bertz CT molecular complexity index is 610. The van der Waals surface area contributed by atoms with Crippen molar-refractivity contribution in [1.82, 2.24) is 5.32 Å². The van der Waals surface area contributed by atoms with Crippen LogP contribution in [0.2, 0.25) is 0 Å². The van der Waals surface area contributed by atoms with E-state index >= 15 is 0 Å². The van der Waals surface area contributed by atoms with Crippen molar-refractivity contribution < 1.29 is 9.53 Å². The number of hydrogen-bond acceptors (Lipinski definition) is 3. The lowest BCUT2D eigenvalue weighted by atomic mass is 10.1. The van der Waals surface area contributed by atoms with Gasteiger partial charge in [-0.1, -0.05) is 17.9 Å². The number of ether oxygens (including phenoxy) is 1. The zero-order chi connectivity index (χ0) is 15.9. The van der Waals surface area contributed by atoms with E-state index in [0.717, 1.165) is 5.56 Å². The largest absolute Gasteiger partial charge is 0.444 e. The molecule has 0 aliphatic carbocycles. The minimum Gasteiger partial charge on any atom is -0.444 e. The Kier molecular flexibility index (Phi) is 5.81. The Morgan fingerprint density at radius 3 is 2.67 bits per heavy atom. The molecule has 0 unspecified atom stereocenters. The smallest absolute Gasteiger partial charge is 0.407 e. The summed E-state index contributed by atoms with van der Waals surface area (Å²) in [6.45, 7) is 7.78. The first kappa shape index (κ1) is 16.6. The van der Waals surface area contributed by atoms with E-state index in [2.05, 4.69) is 23.2 Å². The lowest BCUT2D eigenvalue weighted by Gasteiger charge is -2.19. The monoisotopic (exact) mass is 284 g/mol. The number of carbonyl (C=O) groups is 1. The SMILES string of the molecule is Cc1ccc(C#CCCNC(=O)OC(C)(C)C)c(C#N)c1. The van der Waals surface area contributed by atoms with Gasteiger partial charge < -0.3 is 10.1 Å². The first-order chi connectivity index (χ1) is 9.81. The van der Waals surface area contributed by atoms with Crippen LogP contribution in [0, 0.1) is 30.1 Å². The number of rotatable bonds is 2.